The summed E-state index contributed by atoms with van der Waals surface area (Å²) >= 11 is 5.92. The number of carbonyl (C=O) groups is 2. The summed E-state index contributed by atoms with van der Waals surface area (Å²) in [5.41, 5.74) is 0.451. The van der Waals surface area contributed by atoms with Gasteiger partial charge in [-0.2, -0.15) is 0 Å². The highest BCUT2D eigenvalue weighted by Crippen LogP contribution is 2.32. The molecule has 2 heterocycles. The van der Waals surface area contributed by atoms with E-state index in [9.17, 15) is 14.0 Å². The molecule has 3 rings (SSSR count). The minimum Gasteiger partial charge on any atom is -0.338 e. The van der Waals surface area contributed by atoms with Crippen LogP contribution >= 0.6 is 11.6 Å². The molecule has 1 aliphatic heterocycles. The first-order chi connectivity index (χ1) is 12.2. The Labute approximate surface area is 155 Å². The number of hydrogen-bond acceptors (Lipinski definition) is 4. The Morgan fingerprint density at radius 2 is 2.12 bits per heavy atom. The molecule has 1 aromatic carbocycles. The van der Waals surface area contributed by atoms with Crippen LogP contribution in [0.25, 0.3) is 0 Å². The predicted molar refractivity (Wildman–Crippen MR) is 95.8 cm³/mol. The number of benzene rings is 1. The first-order valence-corrected chi connectivity index (χ1v) is 8.60. The van der Waals surface area contributed by atoms with Gasteiger partial charge >= 0.3 is 0 Å². The average Bonchev–Trinajstić information content (AvgIpc) is 3.16. The van der Waals surface area contributed by atoms with Crippen LogP contribution in [-0.4, -0.2) is 23.0 Å². The van der Waals surface area contributed by atoms with E-state index in [-0.39, 0.29) is 40.8 Å². The van der Waals surface area contributed by atoms with Crippen LogP contribution in [0.15, 0.2) is 28.8 Å². The maximum atomic E-state index is 14.2. The molecule has 6 nitrogen and oxygen atoms in total. The van der Waals surface area contributed by atoms with Crippen LogP contribution in [0.3, 0.4) is 0 Å². The molecule has 0 unspecified atom stereocenters. The van der Waals surface area contributed by atoms with Gasteiger partial charge in [0.25, 0.3) is 0 Å². The zero-order valence-electron chi connectivity index (χ0n) is 14.7. The third kappa shape index (κ3) is 3.58. The van der Waals surface area contributed by atoms with E-state index in [1.54, 1.807) is 6.07 Å². The topological polar surface area (TPSA) is 75.4 Å². The Bertz CT molecular complexity index is 860. The number of nitrogens with one attached hydrogen (secondary N) is 1. The minimum atomic E-state index is -0.848. The maximum absolute atomic E-state index is 14.2. The third-order valence-corrected chi connectivity index (χ3v) is 4.44. The van der Waals surface area contributed by atoms with E-state index in [2.05, 4.69) is 10.5 Å². The lowest BCUT2D eigenvalue weighted by Gasteiger charge is -2.24. The Morgan fingerprint density at radius 1 is 1.38 bits per heavy atom. The van der Waals surface area contributed by atoms with Gasteiger partial charge in [0.05, 0.1) is 11.4 Å². The molecule has 1 atom stereocenters. The highest BCUT2D eigenvalue weighted by molar-refractivity contribution is 6.31. The Morgan fingerprint density at radius 3 is 2.77 bits per heavy atom. The van der Waals surface area contributed by atoms with Gasteiger partial charge in [-0.1, -0.05) is 37.5 Å². The van der Waals surface area contributed by atoms with Crippen molar-refractivity contribution in [2.45, 2.75) is 45.1 Å². The lowest BCUT2D eigenvalue weighted by molar-refractivity contribution is -0.120. The molecule has 138 valence electrons. The summed E-state index contributed by atoms with van der Waals surface area (Å²) < 4.78 is 19.3. The fourth-order valence-corrected chi connectivity index (χ4v) is 2.96. The molecule has 0 spiro atoms. The minimum absolute atomic E-state index is 0.00639. The van der Waals surface area contributed by atoms with Crippen molar-refractivity contribution in [1.29, 1.82) is 0 Å². The van der Waals surface area contributed by atoms with Crippen molar-refractivity contribution in [3.8, 4) is 0 Å². The van der Waals surface area contributed by atoms with E-state index in [1.165, 1.54) is 18.2 Å². The first kappa shape index (κ1) is 18.4. The second-order valence-corrected chi connectivity index (χ2v) is 7.67. The number of rotatable bonds is 3. The lowest BCUT2D eigenvalue weighted by Crippen LogP contribution is -2.42. The summed E-state index contributed by atoms with van der Waals surface area (Å²) in [6, 6.07) is 4.69. The predicted octanol–water partition coefficient (Wildman–Crippen LogP) is 3.90. The van der Waals surface area contributed by atoms with Crippen LogP contribution in [0, 0.1) is 5.82 Å². The summed E-state index contributed by atoms with van der Waals surface area (Å²) in [7, 11) is 0. The zero-order valence-corrected chi connectivity index (χ0v) is 15.4. The largest absolute Gasteiger partial charge is 0.338 e. The van der Waals surface area contributed by atoms with Gasteiger partial charge in [-0.3, -0.25) is 19.8 Å². The lowest BCUT2D eigenvalue weighted by atomic mass is 9.92. The third-order valence-electron chi connectivity index (χ3n) is 4.21. The van der Waals surface area contributed by atoms with E-state index in [0.29, 0.717) is 5.69 Å². The summed E-state index contributed by atoms with van der Waals surface area (Å²) in [6.07, 6.45) is 0.421. The summed E-state index contributed by atoms with van der Waals surface area (Å²) in [5.74, 6) is -1.23. The number of anilines is 2. The molecule has 26 heavy (non-hydrogen) atoms. The normalized spacial score (nSPS) is 17.7. The van der Waals surface area contributed by atoms with E-state index >= 15 is 0 Å². The van der Waals surface area contributed by atoms with Crippen molar-refractivity contribution in [3.63, 3.8) is 0 Å². The van der Waals surface area contributed by atoms with Gasteiger partial charge in [0.1, 0.15) is 11.9 Å². The van der Waals surface area contributed by atoms with Crippen molar-refractivity contribution in [2.75, 3.05) is 10.2 Å². The van der Waals surface area contributed by atoms with Crippen LogP contribution in [0.4, 0.5) is 16.0 Å². The van der Waals surface area contributed by atoms with Crippen molar-refractivity contribution in [3.05, 3.63) is 40.8 Å². The fourth-order valence-electron chi connectivity index (χ4n) is 2.80. The van der Waals surface area contributed by atoms with Gasteiger partial charge in [0, 0.05) is 22.9 Å². The smallest absolute Gasteiger partial charge is 0.249 e. The SMILES string of the molecule is CC(C)(C)c1cc(NC(=O)[C@@H]2CCC(=O)N2c2cc(Cl)ccc2F)on1. The van der Waals surface area contributed by atoms with E-state index in [1.807, 2.05) is 20.8 Å². The van der Waals surface area contributed by atoms with Gasteiger partial charge in [-0.15, -0.1) is 0 Å². The maximum Gasteiger partial charge on any atom is 0.249 e. The molecule has 1 fully saturated rings. The number of aromatic nitrogens is 1. The Kier molecular flexibility index (Phi) is 4.75. The summed E-state index contributed by atoms with van der Waals surface area (Å²) in [5, 5.41) is 6.83. The zero-order chi connectivity index (χ0) is 19.1. The van der Waals surface area contributed by atoms with Crippen LogP contribution in [0.2, 0.25) is 5.02 Å². The number of halogens is 2. The van der Waals surface area contributed by atoms with Crippen molar-refractivity contribution < 1.29 is 18.5 Å². The quantitative estimate of drug-likeness (QED) is 0.877. The first-order valence-electron chi connectivity index (χ1n) is 8.22. The molecule has 0 saturated carbocycles. The van der Waals surface area contributed by atoms with Crippen molar-refractivity contribution in [1.82, 2.24) is 5.16 Å². The van der Waals surface area contributed by atoms with E-state index in [4.69, 9.17) is 16.1 Å². The van der Waals surface area contributed by atoms with Crippen molar-refractivity contribution in [2.24, 2.45) is 0 Å². The Balaban J connectivity index is 1.83. The van der Waals surface area contributed by atoms with Crippen LogP contribution < -0.4 is 10.2 Å². The highest BCUT2D eigenvalue weighted by Gasteiger charge is 2.39. The van der Waals surface area contributed by atoms with Crippen LogP contribution in [0.5, 0.6) is 0 Å². The number of amides is 2. The molecule has 1 aliphatic rings. The second kappa shape index (κ2) is 6.72. The van der Waals surface area contributed by atoms with Gasteiger partial charge < -0.3 is 4.52 Å². The van der Waals surface area contributed by atoms with Gasteiger partial charge in [-0.05, 0) is 24.6 Å². The number of nitrogens with zero attached hydrogens (tertiary/aromatic N) is 2. The van der Waals surface area contributed by atoms with Crippen LogP contribution in [-0.2, 0) is 15.0 Å². The van der Waals surface area contributed by atoms with E-state index in [0.717, 1.165) is 4.90 Å². The molecule has 2 amide bonds. The molecule has 0 bridgehead atoms. The number of hydrogen-bond donors (Lipinski definition) is 1. The molecule has 1 saturated heterocycles. The second-order valence-electron chi connectivity index (χ2n) is 7.23. The molecular weight excluding hydrogens is 361 g/mol. The average molecular weight is 380 g/mol. The fraction of sp³-hybridized carbons (Fsp3) is 0.389. The summed E-state index contributed by atoms with van der Waals surface area (Å²) in [4.78, 5) is 26.0. The molecule has 0 aliphatic carbocycles. The molecular formula is C18H19ClFN3O3. The number of carbonyl (C=O) groups excluding carboxylic acids is 2. The molecule has 8 heteroatoms. The monoisotopic (exact) mass is 379 g/mol. The Hall–Kier alpha value is -2.41. The molecule has 0 radical (unpaired) electrons. The van der Waals surface area contributed by atoms with Gasteiger partial charge in [0.2, 0.25) is 17.7 Å². The van der Waals surface area contributed by atoms with E-state index < -0.39 is 17.8 Å². The van der Waals surface area contributed by atoms with Crippen LogP contribution in [0.1, 0.15) is 39.3 Å². The molecule has 1 N–H and O–H groups in total. The highest BCUT2D eigenvalue weighted by atomic mass is 35.5. The molecule has 2 aromatic rings. The van der Waals surface area contributed by atoms with Crippen molar-refractivity contribution >= 4 is 35.0 Å². The van der Waals surface area contributed by atoms with Gasteiger partial charge in [-0.25, -0.2) is 4.39 Å². The van der Waals surface area contributed by atoms with Gasteiger partial charge in [0.15, 0.2) is 0 Å². The standard InChI is InChI=1S/C18H19ClFN3O3/c1-18(2,3)14-9-15(26-22-14)21-17(25)12-6-7-16(24)23(12)13-8-10(19)4-5-11(13)20/h4-5,8-9,12H,6-7H2,1-3H3,(H,21,25)/t12-/m0/s1. The molecule has 1 aromatic heterocycles. The summed E-state index contributed by atoms with van der Waals surface area (Å²) in [6.45, 7) is 5.90.